The zero-order chi connectivity index (χ0) is 20.6. The molecule has 3 N–H and O–H groups in total. The largest absolute Gasteiger partial charge is 0.353 e. The third-order valence-corrected chi connectivity index (χ3v) is 4.54. The number of benzene rings is 1. The molecule has 7 nitrogen and oxygen atoms in total. The summed E-state index contributed by atoms with van der Waals surface area (Å²) in [6.45, 7) is 7.20. The van der Waals surface area contributed by atoms with Gasteiger partial charge in [-0.1, -0.05) is 30.3 Å². The summed E-state index contributed by atoms with van der Waals surface area (Å²) in [6, 6.07) is 9.65. The van der Waals surface area contributed by atoms with E-state index in [4.69, 9.17) is 0 Å². The van der Waals surface area contributed by atoms with Gasteiger partial charge in [-0.15, -0.1) is 0 Å². The van der Waals surface area contributed by atoms with E-state index in [2.05, 4.69) is 16.0 Å². The molecule has 1 aromatic carbocycles. The smallest absolute Gasteiger partial charge is 0.321 e. The Kier molecular flexibility index (Phi) is 7.99. The Hall–Kier alpha value is -2.41. The minimum absolute atomic E-state index is 0.0684. The number of hydrogen-bond donors (Lipinski definition) is 3. The molecule has 0 bridgehead atoms. The maximum absolute atomic E-state index is 12.1. The molecule has 0 spiro atoms. The van der Waals surface area contributed by atoms with Crippen LogP contribution in [0, 0.1) is 0 Å². The topological polar surface area (TPSA) is 90.5 Å². The molecule has 4 amide bonds. The molecule has 0 aromatic heterocycles. The van der Waals surface area contributed by atoms with Gasteiger partial charge >= 0.3 is 6.03 Å². The van der Waals surface area contributed by atoms with Crippen LogP contribution in [0.15, 0.2) is 30.3 Å². The van der Waals surface area contributed by atoms with Gasteiger partial charge in [-0.2, -0.15) is 0 Å². The van der Waals surface area contributed by atoms with Gasteiger partial charge in [0.2, 0.25) is 11.8 Å². The molecule has 2 rings (SSSR count). The molecule has 0 aliphatic carbocycles. The van der Waals surface area contributed by atoms with Crippen molar-refractivity contribution in [2.45, 2.75) is 58.0 Å². The van der Waals surface area contributed by atoms with E-state index in [0.29, 0.717) is 6.42 Å². The lowest BCUT2D eigenvalue weighted by Gasteiger charge is -2.32. The van der Waals surface area contributed by atoms with Crippen LogP contribution in [0.4, 0.5) is 4.79 Å². The van der Waals surface area contributed by atoms with E-state index in [1.54, 1.807) is 0 Å². The number of piperidine rings is 1. The minimum atomic E-state index is -0.474. The van der Waals surface area contributed by atoms with Crippen molar-refractivity contribution < 1.29 is 14.4 Å². The van der Waals surface area contributed by atoms with E-state index in [9.17, 15) is 14.4 Å². The summed E-state index contributed by atoms with van der Waals surface area (Å²) in [5.74, 6) is -0.244. The fraction of sp³-hybridized carbons (Fsp3) is 0.571. The number of amides is 4. The Morgan fingerprint density at radius 3 is 2.29 bits per heavy atom. The number of nitrogens with one attached hydrogen (secondary N) is 3. The number of aryl methyl sites for hydroxylation is 1. The van der Waals surface area contributed by atoms with E-state index in [1.807, 2.05) is 56.0 Å². The van der Waals surface area contributed by atoms with Crippen molar-refractivity contribution in [1.82, 2.24) is 20.9 Å². The van der Waals surface area contributed by atoms with Crippen LogP contribution >= 0.6 is 0 Å². The second-order valence-corrected chi connectivity index (χ2v) is 8.36. The van der Waals surface area contributed by atoms with Crippen molar-refractivity contribution in [1.29, 1.82) is 0 Å². The van der Waals surface area contributed by atoms with Gasteiger partial charge in [0.05, 0.1) is 6.54 Å². The summed E-state index contributed by atoms with van der Waals surface area (Å²) in [5.41, 5.74) is 0.774. The van der Waals surface area contributed by atoms with Crippen LogP contribution in [-0.4, -0.2) is 54.0 Å². The molecular weight excluding hydrogens is 356 g/mol. The molecule has 0 radical (unpaired) electrons. The first-order valence-corrected chi connectivity index (χ1v) is 9.89. The Morgan fingerprint density at radius 2 is 1.68 bits per heavy atom. The highest BCUT2D eigenvalue weighted by Crippen LogP contribution is 2.11. The zero-order valence-corrected chi connectivity index (χ0v) is 17.1. The standard InChI is InChI=1S/C21H32N4O3/c1-21(2,3)24-20(28)23-19(27)15-25-13-11-17(12-14-25)22-18(26)10-9-16-7-5-4-6-8-16/h4-8,17H,9-15H2,1-3H3,(H,22,26)(H2,23,24,27,28). The Labute approximate surface area is 167 Å². The van der Waals surface area contributed by atoms with Gasteiger partial charge in [-0.05, 0) is 45.6 Å². The SMILES string of the molecule is CC(C)(C)NC(=O)NC(=O)CN1CCC(NC(=O)CCc2ccccc2)CC1. The van der Waals surface area contributed by atoms with Crippen molar-refractivity contribution in [2.75, 3.05) is 19.6 Å². The highest BCUT2D eigenvalue weighted by atomic mass is 16.2. The van der Waals surface area contributed by atoms with Crippen molar-refractivity contribution in [3.05, 3.63) is 35.9 Å². The van der Waals surface area contributed by atoms with Gasteiger partial charge < -0.3 is 10.6 Å². The molecule has 0 unspecified atom stereocenters. The lowest BCUT2D eigenvalue weighted by Crippen LogP contribution is -2.52. The van der Waals surface area contributed by atoms with Crippen LogP contribution < -0.4 is 16.0 Å². The molecule has 0 saturated carbocycles. The highest BCUT2D eigenvalue weighted by Gasteiger charge is 2.23. The van der Waals surface area contributed by atoms with Crippen LogP contribution in [0.2, 0.25) is 0 Å². The summed E-state index contributed by atoms with van der Waals surface area (Å²) in [4.78, 5) is 37.9. The molecule has 1 aliphatic heterocycles. The quantitative estimate of drug-likeness (QED) is 0.693. The number of carbonyl (C=O) groups excluding carboxylic acids is 3. The highest BCUT2D eigenvalue weighted by molar-refractivity contribution is 5.95. The fourth-order valence-electron chi connectivity index (χ4n) is 3.18. The molecule has 28 heavy (non-hydrogen) atoms. The van der Waals surface area contributed by atoms with Crippen molar-refractivity contribution >= 4 is 17.8 Å². The molecule has 1 heterocycles. The summed E-state index contributed by atoms with van der Waals surface area (Å²) >= 11 is 0. The summed E-state index contributed by atoms with van der Waals surface area (Å²) in [6.07, 6.45) is 2.83. The predicted molar refractivity (Wildman–Crippen MR) is 109 cm³/mol. The first-order chi connectivity index (χ1) is 13.2. The third kappa shape index (κ3) is 8.52. The Morgan fingerprint density at radius 1 is 1.04 bits per heavy atom. The van der Waals surface area contributed by atoms with Crippen molar-refractivity contribution in [3.63, 3.8) is 0 Å². The van der Waals surface area contributed by atoms with Gasteiger partial charge in [-0.3, -0.25) is 19.8 Å². The fourth-order valence-corrected chi connectivity index (χ4v) is 3.18. The average molecular weight is 389 g/mol. The van der Waals surface area contributed by atoms with Crippen molar-refractivity contribution in [3.8, 4) is 0 Å². The zero-order valence-electron chi connectivity index (χ0n) is 17.1. The molecule has 1 fully saturated rings. The molecule has 1 aromatic rings. The van der Waals surface area contributed by atoms with Crippen molar-refractivity contribution in [2.24, 2.45) is 0 Å². The lowest BCUT2D eigenvalue weighted by atomic mass is 10.0. The van der Waals surface area contributed by atoms with Gasteiger partial charge in [0.25, 0.3) is 0 Å². The average Bonchev–Trinajstić information content (AvgIpc) is 2.61. The Bertz CT molecular complexity index is 662. The molecule has 1 saturated heterocycles. The normalized spacial score (nSPS) is 15.7. The van der Waals surface area contributed by atoms with E-state index in [1.165, 1.54) is 0 Å². The van der Waals surface area contributed by atoms with E-state index in [-0.39, 0.29) is 29.9 Å². The van der Waals surface area contributed by atoms with E-state index in [0.717, 1.165) is 37.9 Å². The lowest BCUT2D eigenvalue weighted by molar-refractivity contribution is -0.123. The van der Waals surface area contributed by atoms with Crippen LogP contribution in [-0.2, 0) is 16.0 Å². The number of hydrogen-bond acceptors (Lipinski definition) is 4. The second kappa shape index (κ2) is 10.2. The number of likely N-dealkylation sites (tertiary alicyclic amines) is 1. The van der Waals surface area contributed by atoms with Gasteiger partial charge in [0, 0.05) is 31.1 Å². The predicted octanol–water partition coefficient (Wildman–Crippen LogP) is 1.82. The number of nitrogens with zero attached hydrogens (tertiary/aromatic N) is 1. The van der Waals surface area contributed by atoms with E-state index < -0.39 is 6.03 Å². The van der Waals surface area contributed by atoms with Crippen LogP contribution in [0.5, 0.6) is 0 Å². The van der Waals surface area contributed by atoms with Crippen LogP contribution in [0.3, 0.4) is 0 Å². The van der Waals surface area contributed by atoms with Gasteiger partial charge in [0.1, 0.15) is 0 Å². The van der Waals surface area contributed by atoms with Gasteiger partial charge in [-0.25, -0.2) is 4.79 Å². The second-order valence-electron chi connectivity index (χ2n) is 8.36. The Balaban J connectivity index is 1.63. The summed E-state index contributed by atoms with van der Waals surface area (Å²) in [7, 11) is 0. The minimum Gasteiger partial charge on any atom is -0.353 e. The molecule has 7 heteroatoms. The van der Waals surface area contributed by atoms with Crippen LogP contribution in [0.1, 0.15) is 45.6 Å². The summed E-state index contributed by atoms with van der Waals surface area (Å²) in [5, 5.41) is 8.15. The number of imide groups is 1. The molecule has 1 aliphatic rings. The maximum atomic E-state index is 12.1. The monoisotopic (exact) mass is 388 g/mol. The molecule has 154 valence electrons. The summed E-state index contributed by atoms with van der Waals surface area (Å²) < 4.78 is 0. The molecule has 0 atom stereocenters. The number of carbonyl (C=O) groups is 3. The number of urea groups is 1. The first-order valence-electron chi connectivity index (χ1n) is 9.89. The maximum Gasteiger partial charge on any atom is 0.321 e. The van der Waals surface area contributed by atoms with Gasteiger partial charge in [0.15, 0.2) is 0 Å². The first kappa shape index (κ1) is 21.9. The van der Waals surface area contributed by atoms with E-state index >= 15 is 0 Å². The molecular formula is C21H32N4O3. The number of rotatable bonds is 6. The third-order valence-electron chi connectivity index (χ3n) is 4.54. The van der Waals surface area contributed by atoms with Crippen LogP contribution in [0.25, 0.3) is 0 Å².